The Bertz CT molecular complexity index is 863. The molecule has 2 N–H and O–H groups in total. The maximum Gasteiger partial charge on any atom is 0.226 e. The van der Waals surface area contributed by atoms with Gasteiger partial charge in [0.15, 0.2) is 17.0 Å². The number of hydrogen-bond donors (Lipinski definition) is 2. The number of imidazole rings is 1. The summed E-state index contributed by atoms with van der Waals surface area (Å²) in [6, 6.07) is 7.72. The molecule has 0 amide bonds. The zero-order valence-corrected chi connectivity index (χ0v) is 15.2. The number of benzene rings is 1. The SMILES string of the molecule is COCCNc1nc(Nc2cccc(Cl)c2)c2ncn(C(C)C)c2n1. The van der Waals surface area contributed by atoms with Crippen LogP contribution in [0.2, 0.25) is 5.02 Å². The molecule has 3 rings (SSSR count). The molecule has 0 radical (unpaired) electrons. The second kappa shape index (κ2) is 7.67. The molecule has 0 fully saturated rings. The molecule has 0 spiro atoms. The van der Waals surface area contributed by atoms with E-state index in [1.807, 2.05) is 28.8 Å². The van der Waals surface area contributed by atoms with Crippen LogP contribution in [0.15, 0.2) is 30.6 Å². The lowest BCUT2D eigenvalue weighted by molar-refractivity contribution is 0.210. The van der Waals surface area contributed by atoms with Gasteiger partial charge in [0.25, 0.3) is 0 Å². The van der Waals surface area contributed by atoms with Gasteiger partial charge in [-0.25, -0.2) is 4.98 Å². The predicted molar refractivity (Wildman–Crippen MR) is 101 cm³/mol. The molecule has 8 heteroatoms. The van der Waals surface area contributed by atoms with Gasteiger partial charge in [-0.05, 0) is 32.0 Å². The van der Waals surface area contributed by atoms with E-state index in [1.54, 1.807) is 13.4 Å². The molecule has 0 saturated heterocycles. The van der Waals surface area contributed by atoms with Crippen LogP contribution in [-0.2, 0) is 4.74 Å². The van der Waals surface area contributed by atoms with Crippen LogP contribution in [0.3, 0.4) is 0 Å². The van der Waals surface area contributed by atoms with Gasteiger partial charge in [-0.1, -0.05) is 17.7 Å². The first-order chi connectivity index (χ1) is 12.1. The van der Waals surface area contributed by atoms with E-state index in [0.29, 0.717) is 35.5 Å². The van der Waals surface area contributed by atoms with Crippen molar-refractivity contribution in [1.29, 1.82) is 0 Å². The second-order valence-corrected chi connectivity index (χ2v) is 6.30. The summed E-state index contributed by atoms with van der Waals surface area (Å²) in [5.41, 5.74) is 2.33. The van der Waals surface area contributed by atoms with Crippen molar-refractivity contribution < 1.29 is 4.74 Å². The fourth-order valence-electron chi connectivity index (χ4n) is 2.43. The van der Waals surface area contributed by atoms with E-state index in [9.17, 15) is 0 Å². The lowest BCUT2D eigenvalue weighted by atomic mass is 10.3. The third kappa shape index (κ3) is 4.00. The minimum absolute atomic E-state index is 0.241. The largest absolute Gasteiger partial charge is 0.383 e. The molecule has 0 aliphatic carbocycles. The van der Waals surface area contributed by atoms with Gasteiger partial charge in [0.05, 0.1) is 12.9 Å². The average Bonchev–Trinajstić information content (AvgIpc) is 2.99. The molecule has 7 nitrogen and oxygen atoms in total. The van der Waals surface area contributed by atoms with Crippen LogP contribution in [0.1, 0.15) is 19.9 Å². The summed E-state index contributed by atoms with van der Waals surface area (Å²) in [7, 11) is 1.66. The maximum absolute atomic E-state index is 6.07. The van der Waals surface area contributed by atoms with E-state index in [2.05, 4.69) is 39.4 Å². The summed E-state index contributed by atoms with van der Waals surface area (Å²) in [6.07, 6.45) is 1.78. The number of hydrogen-bond acceptors (Lipinski definition) is 6. The van der Waals surface area contributed by atoms with Gasteiger partial charge in [-0.15, -0.1) is 0 Å². The third-order valence-electron chi connectivity index (χ3n) is 3.65. The number of ether oxygens (including phenoxy) is 1. The molecule has 25 heavy (non-hydrogen) atoms. The normalized spacial score (nSPS) is 11.2. The van der Waals surface area contributed by atoms with Crippen molar-refractivity contribution >= 4 is 40.2 Å². The zero-order chi connectivity index (χ0) is 17.8. The van der Waals surface area contributed by atoms with Crippen LogP contribution in [0.4, 0.5) is 17.5 Å². The van der Waals surface area contributed by atoms with Crippen molar-refractivity contribution in [2.45, 2.75) is 19.9 Å². The highest BCUT2D eigenvalue weighted by molar-refractivity contribution is 6.30. The number of halogens is 1. The Morgan fingerprint density at radius 1 is 1.28 bits per heavy atom. The lowest BCUT2D eigenvalue weighted by Gasteiger charge is -2.12. The van der Waals surface area contributed by atoms with Gasteiger partial charge in [0.1, 0.15) is 0 Å². The Labute approximate surface area is 151 Å². The third-order valence-corrected chi connectivity index (χ3v) is 3.89. The number of methoxy groups -OCH3 is 1. The number of rotatable bonds is 7. The van der Waals surface area contributed by atoms with Crippen LogP contribution in [0, 0.1) is 0 Å². The summed E-state index contributed by atoms with van der Waals surface area (Å²) in [4.78, 5) is 13.7. The Morgan fingerprint density at radius 2 is 2.12 bits per heavy atom. The van der Waals surface area contributed by atoms with Crippen LogP contribution in [-0.4, -0.2) is 39.8 Å². The number of nitrogens with zero attached hydrogens (tertiary/aromatic N) is 4. The summed E-state index contributed by atoms with van der Waals surface area (Å²) >= 11 is 6.07. The molecular weight excluding hydrogens is 340 g/mol. The van der Waals surface area contributed by atoms with E-state index < -0.39 is 0 Å². The summed E-state index contributed by atoms with van der Waals surface area (Å²) in [5, 5.41) is 7.12. The molecule has 0 atom stereocenters. The zero-order valence-electron chi connectivity index (χ0n) is 14.5. The van der Waals surface area contributed by atoms with Gasteiger partial charge in [-0.3, -0.25) is 0 Å². The predicted octanol–water partition coefficient (Wildman–Crippen LogP) is 3.86. The quantitative estimate of drug-likeness (QED) is 0.623. The van der Waals surface area contributed by atoms with Crippen molar-refractivity contribution in [3.63, 3.8) is 0 Å². The molecule has 1 aromatic carbocycles. The molecule has 0 saturated carbocycles. The Kier molecular flexibility index (Phi) is 5.35. The summed E-state index contributed by atoms with van der Waals surface area (Å²) < 4.78 is 7.09. The fraction of sp³-hybridized carbons (Fsp3) is 0.353. The van der Waals surface area contributed by atoms with Crippen molar-refractivity contribution in [3.8, 4) is 0 Å². The number of aromatic nitrogens is 4. The van der Waals surface area contributed by atoms with Gasteiger partial charge in [0, 0.05) is 30.4 Å². The Morgan fingerprint density at radius 3 is 2.84 bits per heavy atom. The Balaban J connectivity index is 2.02. The standard InChI is InChI=1S/C17H21ClN6O/c1-11(2)24-10-20-14-15(21-13-6-4-5-12(18)9-13)22-17(23-16(14)24)19-7-8-25-3/h4-6,9-11H,7-8H2,1-3H3,(H2,19,21,22,23). The van der Waals surface area contributed by atoms with Gasteiger partial charge in [-0.2, -0.15) is 9.97 Å². The molecule has 132 valence electrons. The monoisotopic (exact) mass is 360 g/mol. The maximum atomic E-state index is 6.07. The van der Waals surface area contributed by atoms with Crippen molar-refractivity contribution in [3.05, 3.63) is 35.6 Å². The minimum Gasteiger partial charge on any atom is -0.383 e. The topological polar surface area (TPSA) is 76.9 Å². The van der Waals surface area contributed by atoms with Crippen LogP contribution in [0.5, 0.6) is 0 Å². The average molecular weight is 361 g/mol. The number of anilines is 3. The fourth-order valence-corrected chi connectivity index (χ4v) is 2.62. The minimum atomic E-state index is 0.241. The van der Waals surface area contributed by atoms with Gasteiger partial charge in [0.2, 0.25) is 5.95 Å². The molecule has 0 aliphatic rings. The first-order valence-electron chi connectivity index (χ1n) is 8.08. The molecule has 0 aliphatic heterocycles. The highest BCUT2D eigenvalue weighted by Gasteiger charge is 2.15. The summed E-state index contributed by atoms with van der Waals surface area (Å²) in [5.74, 6) is 1.16. The van der Waals surface area contributed by atoms with E-state index in [4.69, 9.17) is 16.3 Å². The highest BCUT2D eigenvalue weighted by atomic mass is 35.5. The van der Waals surface area contributed by atoms with E-state index >= 15 is 0 Å². The molecular formula is C17H21ClN6O. The van der Waals surface area contributed by atoms with Crippen LogP contribution < -0.4 is 10.6 Å². The van der Waals surface area contributed by atoms with Crippen LogP contribution >= 0.6 is 11.6 Å². The molecule has 3 aromatic rings. The molecule has 0 unspecified atom stereocenters. The smallest absolute Gasteiger partial charge is 0.226 e. The van der Waals surface area contributed by atoms with E-state index in [-0.39, 0.29) is 6.04 Å². The lowest BCUT2D eigenvalue weighted by Crippen LogP contribution is -2.12. The van der Waals surface area contributed by atoms with Crippen molar-refractivity contribution in [2.24, 2.45) is 0 Å². The van der Waals surface area contributed by atoms with Gasteiger partial charge >= 0.3 is 0 Å². The van der Waals surface area contributed by atoms with Crippen molar-refractivity contribution in [1.82, 2.24) is 19.5 Å². The Hall–Kier alpha value is -2.38. The first kappa shape index (κ1) is 17.4. The highest BCUT2D eigenvalue weighted by Crippen LogP contribution is 2.26. The molecule has 2 heterocycles. The number of fused-ring (bicyclic) bond motifs is 1. The van der Waals surface area contributed by atoms with Crippen LogP contribution in [0.25, 0.3) is 11.2 Å². The second-order valence-electron chi connectivity index (χ2n) is 5.87. The first-order valence-corrected chi connectivity index (χ1v) is 8.46. The van der Waals surface area contributed by atoms with E-state index in [1.165, 1.54) is 0 Å². The summed E-state index contributed by atoms with van der Waals surface area (Å²) in [6.45, 7) is 5.37. The van der Waals surface area contributed by atoms with Crippen molar-refractivity contribution in [2.75, 3.05) is 30.9 Å². The molecule has 0 bridgehead atoms. The van der Waals surface area contributed by atoms with E-state index in [0.717, 1.165) is 11.3 Å². The molecule has 2 aromatic heterocycles. The number of nitrogens with one attached hydrogen (secondary N) is 2. The van der Waals surface area contributed by atoms with Gasteiger partial charge < -0.3 is 19.9 Å².